The molecule has 2 saturated heterocycles. The summed E-state index contributed by atoms with van der Waals surface area (Å²) in [6.45, 7) is 3.79. The number of fused-ring (bicyclic) bond motifs is 3. The number of rotatable bonds is 4. The van der Waals surface area contributed by atoms with Crippen LogP contribution >= 0.6 is 0 Å². The van der Waals surface area contributed by atoms with Gasteiger partial charge in [0.2, 0.25) is 11.8 Å². The molecule has 0 unspecified atom stereocenters. The molecule has 34 heavy (non-hydrogen) atoms. The van der Waals surface area contributed by atoms with Gasteiger partial charge in [-0.1, -0.05) is 23.3 Å². The van der Waals surface area contributed by atoms with Crippen molar-refractivity contribution in [1.82, 2.24) is 4.90 Å². The molecule has 1 aromatic carbocycles. The number of halogens is 1. The number of hydrogen-bond donors (Lipinski definition) is 2. The summed E-state index contributed by atoms with van der Waals surface area (Å²) in [6, 6.07) is 4.16. The fourth-order valence-electron chi connectivity index (χ4n) is 5.52. The molecule has 10 heteroatoms. The van der Waals surface area contributed by atoms with E-state index in [1.165, 1.54) is 12.1 Å². The number of methoxy groups -OCH3 is 1. The minimum atomic E-state index is -1.10. The fourth-order valence-corrected chi connectivity index (χ4v) is 5.52. The van der Waals surface area contributed by atoms with Crippen molar-refractivity contribution >= 4 is 31.1 Å². The van der Waals surface area contributed by atoms with Crippen LogP contribution in [0.4, 0.5) is 9.18 Å². The first kappa shape index (κ1) is 24.2. The summed E-state index contributed by atoms with van der Waals surface area (Å²) in [4.78, 5) is 38.5. The second-order valence-corrected chi connectivity index (χ2v) is 9.22. The van der Waals surface area contributed by atoms with Crippen molar-refractivity contribution < 1.29 is 38.3 Å². The molecule has 3 aliphatic rings. The molecule has 2 aliphatic heterocycles. The summed E-state index contributed by atoms with van der Waals surface area (Å²) in [6.07, 6.45) is 1.97. The highest BCUT2D eigenvalue weighted by Crippen LogP contribution is 2.50. The lowest BCUT2D eigenvalue weighted by atomic mass is 9.59. The Hall–Kier alpha value is -2.98. The maximum atomic E-state index is 13.6. The molecule has 2 heterocycles. The number of likely N-dealkylation sites (tertiary alicyclic amines) is 1. The van der Waals surface area contributed by atoms with Gasteiger partial charge in [-0.3, -0.25) is 9.59 Å². The number of carbonyl (C=O) groups excluding carboxylic acids is 3. The zero-order chi connectivity index (χ0) is 24.7. The number of imide groups is 3. The van der Waals surface area contributed by atoms with Gasteiger partial charge in [0.25, 0.3) is 0 Å². The third kappa shape index (κ3) is 4.27. The molecule has 1 aliphatic carbocycles. The molecule has 4 rings (SSSR count). The van der Waals surface area contributed by atoms with Gasteiger partial charge in [0.1, 0.15) is 0 Å². The van der Waals surface area contributed by atoms with Crippen LogP contribution in [0, 0.1) is 23.6 Å². The van der Waals surface area contributed by atoms with E-state index in [2.05, 4.69) is 4.74 Å². The third-order valence-corrected chi connectivity index (χ3v) is 7.00. The van der Waals surface area contributed by atoms with Crippen molar-refractivity contribution in [3.05, 3.63) is 46.3 Å². The van der Waals surface area contributed by atoms with E-state index in [-0.39, 0.29) is 6.32 Å². The standard InChI is InChI=1S/C24H27BFNO7/c1-12(8-14-5-6-18(28)17(26)10-14)4-7-19-20-13(2)9-15-21(16(20)11-25(32)34-19)23(30)27(22(15)29)24(31)33-3/h5-6,8,10,15-16,19,21,28,32H,4,7,9,11H2,1-3H3/b12-8+/t15-,16+,19-,21-/m1/s1. The van der Waals surface area contributed by atoms with Crippen LogP contribution in [0.25, 0.3) is 6.08 Å². The molecular weight excluding hydrogens is 444 g/mol. The van der Waals surface area contributed by atoms with E-state index >= 15 is 0 Å². The van der Waals surface area contributed by atoms with Gasteiger partial charge in [-0.25, -0.2) is 9.18 Å². The Labute approximate surface area is 197 Å². The van der Waals surface area contributed by atoms with Crippen LogP contribution in [0.1, 0.15) is 38.7 Å². The highest BCUT2D eigenvalue weighted by molar-refractivity contribution is 6.43. The average molecular weight is 471 g/mol. The monoisotopic (exact) mass is 471 g/mol. The number of phenolic OH excluding ortho intramolecular Hbond substituents is 1. The van der Waals surface area contributed by atoms with Gasteiger partial charge in [0.15, 0.2) is 11.6 Å². The van der Waals surface area contributed by atoms with E-state index < -0.39 is 60.5 Å². The zero-order valence-electron chi connectivity index (χ0n) is 19.3. The Morgan fingerprint density at radius 1 is 1.32 bits per heavy atom. The number of hydrogen-bond acceptors (Lipinski definition) is 7. The average Bonchev–Trinajstić information content (AvgIpc) is 3.03. The molecule has 0 spiro atoms. The lowest BCUT2D eigenvalue weighted by Gasteiger charge is -2.42. The number of amides is 3. The number of ether oxygens (including phenoxy) is 1. The Kier molecular flexibility index (Phi) is 6.64. The van der Waals surface area contributed by atoms with Crippen LogP contribution in [0.3, 0.4) is 0 Å². The van der Waals surface area contributed by atoms with Crippen molar-refractivity contribution in [2.24, 2.45) is 17.8 Å². The Balaban J connectivity index is 1.55. The summed E-state index contributed by atoms with van der Waals surface area (Å²) in [7, 11) is 0.0204. The predicted molar refractivity (Wildman–Crippen MR) is 121 cm³/mol. The first-order valence-electron chi connectivity index (χ1n) is 11.3. The Morgan fingerprint density at radius 3 is 2.74 bits per heavy atom. The Morgan fingerprint density at radius 2 is 2.06 bits per heavy atom. The minimum absolute atomic E-state index is 0.167. The number of carbonyl (C=O) groups is 3. The van der Waals surface area contributed by atoms with Crippen LogP contribution < -0.4 is 0 Å². The van der Waals surface area contributed by atoms with Crippen molar-refractivity contribution in [3.8, 4) is 5.75 Å². The lowest BCUT2D eigenvalue weighted by molar-refractivity contribution is -0.137. The van der Waals surface area contributed by atoms with Gasteiger partial charge < -0.3 is 19.5 Å². The van der Waals surface area contributed by atoms with Crippen LogP contribution in [0.15, 0.2) is 34.9 Å². The fraction of sp³-hybridized carbons (Fsp3) is 0.458. The quantitative estimate of drug-likeness (QED) is 0.394. The first-order chi connectivity index (χ1) is 16.1. The summed E-state index contributed by atoms with van der Waals surface area (Å²) in [5, 5.41) is 19.8. The largest absolute Gasteiger partial charge is 0.505 e. The van der Waals surface area contributed by atoms with Crippen molar-refractivity contribution in [2.45, 2.75) is 45.5 Å². The molecule has 4 atom stereocenters. The van der Waals surface area contributed by atoms with E-state index in [1.54, 1.807) is 6.07 Å². The Bertz CT molecular complexity index is 1100. The zero-order valence-corrected chi connectivity index (χ0v) is 19.3. The van der Waals surface area contributed by atoms with Crippen LogP contribution in [-0.2, 0) is 19.0 Å². The first-order valence-corrected chi connectivity index (χ1v) is 11.3. The lowest BCUT2D eigenvalue weighted by Crippen LogP contribution is -2.46. The molecule has 2 fully saturated rings. The van der Waals surface area contributed by atoms with Crippen molar-refractivity contribution in [3.63, 3.8) is 0 Å². The minimum Gasteiger partial charge on any atom is -0.505 e. The normalized spacial score (nSPS) is 27.1. The number of aromatic hydroxyl groups is 1. The topological polar surface area (TPSA) is 113 Å². The SMILES string of the molecule is COC(=O)N1C(=O)[C@@H]2[C@@H](CC(C)=C3[C@@H](CC/C(C)=C/c4ccc(O)c(F)c4)OB(O)C[C@@H]32)C1=O. The van der Waals surface area contributed by atoms with Crippen molar-refractivity contribution in [2.75, 3.05) is 7.11 Å². The number of phenols is 1. The van der Waals surface area contributed by atoms with E-state index in [9.17, 15) is 28.9 Å². The van der Waals surface area contributed by atoms with Gasteiger partial charge in [-0.2, -0.15) is 4.90 Å². The molecule has 0 saturated carbocycles. The second kappa shape index (κ2) is 9.35. The third-order valence-electron chi connectivity index (χ3n) is 7.00. The molecule has 0 aromatic heterocycles. The van der Waals surface area contributed by atoms with Gasteiger partial charge in [-0.05, 0) is 68.6 Å². The van der Waals surface area contributed by atoms with Crippen LogP contribution in [-0.4, -0.2) is 53.3 Å². The maximum absolute atomic E-state index is 13.6. The highest BCUT2D eigenvalue weighted by Gasteiger charge is 2.58. The number of benzene rings is 1. The van der Waals surface area contributed by atoms with Gasteiger partial charge in [0, 0.05) is 0 Å². The summed E-state index contributed by atoms with van der Waals surface area (Å²) >= 11 is 0. The summed E-state index contributed by atoms with van der Waals surface area (Å²) in [5.41, 5.74) is 3.39. The molecule has 3 amide bonds. The van der Waals surface area contributed by atoms with Gasteiger partial charge in [0.05, 0.1) is 25.0 Å². The molecule has 2 N–H and O–H groups in total. The number of allylic oxidation sites excluding steroid dienone is 2. The van der Waals surface area contributed by atoms with Gasteiger partial charge in [-0.15, -0.1) is 0 Å². The van der Waals surface area contributed by atoms with E-state index in [0.29, 0.717) is 29.7 Å². The van der Waals surface area contributed by atoms with Crippen LogP contribution in [0.2, 0.25) is 6.32 Å². The van der Waals surface area contributed by atoms with Crippen LogP contribution in [0.5, 0.6) is 5.75 Å². The molecule has 8 nitrogen and oxygen atoms in total. The van der Waals surface area contributed by atoms with Gasteiger partial charge >= 0.3 is 13.2 Å². The highest BCUT2D eigenvalue weighted by atomic mass is 19.1. The molecule has 0 radical (unpaired) electrons. The smallest absolute Gasteiger partial charge is 0.455 e. The maximum Gasteiger partial charge on any atom is 0.455 e. The van der Waals surface area contributed by atoms with E-state index in [1.807, 2.05) is 19.9 Å². The van der Waals surface area contributed by atoms with E-state index in [0.717, 1.165) is 23.8 Å². The molecule has 180 valence electrons. The molecule has 1 aromatic rings. The molecule has 0 bridgehead atoms. The van der Waals surface area contributed by atoms with E-state index in [4.69, 9.17) is 4.65 Å². The number of nitrogens with zero attached hydrogens (tertiary/aromatic N) is 1. The summed E-state index contributed by atoms with van der Waals surface area (Å²) < 4.78 is 24.1. The second-order valence-electron chi connectivity index (χ2n) is 9.22. The summed E-state index contributed by atoms with van der Waals surface area (Å²) in [5.74, 6) is -4.05. The van der Waals surface area contributed by atoms with Crippen molar-refractivity contribution in [1.29, 1.82) is 0 Å². The molecular formula is C24H27BFNO7. The predicted octanol–water partition coefficient (Wildman–Crippen LogP) is 3.30.